The van der Waals surface area contributed by atoms with Gasteiger partial charge in [-0.25, -0.2) is 4.79 Å². The Morgan fingerprint density at radius 3 is 2.42 bits per heavy atom. The van der Waals surface area contributed by atoms with E-state index < -0.39 is 0 Å². The number of amides is 3. The molecule has 0 aliphatic heterocycles. The van der Waals surface area contributed by atoms with Crippen LogP contribution in [0, 0.1) is 6.92 Å². The van der Waals surface area contributed by atoms with Gasteiger partial charge in [0, 0.05) is 37.7 Å². The standard InChI is InChI=1S/C20H26N4O2/c1-5-12-21-19(25)16-13-15(10-11-18(16)24(3)4)22-20(26)23-17-9-7-6-8-14(17)2/h6-11,13H,5,12H2,1-4H3,(H,21,25)(H2,22,23,26). The smallest absolute Gasteiger partial charge is 0.323 e. The molecule has 0 heterocycles. The zero-order chi connectivity index (χ0) is 19.1. The third kappa shape index (κ3) is 4.99. The van der Waals surface area contributed by atoms with E-state index in [1.165, 1.54) is 0 Å². The van der Waals surface area contributed by atoms with E-state index in [2.05, 4.69) is 16.0 Å². The van der Waals surface area contributed by atoms with Crippen LogP contribution in [-0.4, -0.2) is 32.6 Å². The van der Waals surface area contributed by atoms with E-state index >= 15 is 0 Å². The van der Waals surface area contributed by atoms with E-state index in [1.54, 1.807) is 12.1 Å². The first-order chi connectivity index (χ1) is 12.4. The molecule has 0 aliphatic rings. The predicted octanol–water partition coefficient (Wildman–Crippen LogP) is 3.84. The van der Waals surface area contributed by atoms with Gasteiger partial charge in [-0.15, -0.1) is 0 Å². The van der Waals surface area contributed by atoms with Gasteiger partial charge in [0.05, 0.1) is 5.56 Å². The summed E-state index contributed by atoms with van der Waals surface area (Å²) in [5, 5.41) is 8.48. The number of urea groups is 1. The average Bonchev–Trinajstić information content (AvgIpc) is 2.61. The zero-order valence-corrected chi connectivity index (χ0v) is 15.7. The lowest BCUT2D eigenvalue weighted by molar-refractivity contribution is 0.0954. The molecule has 0 fully saturated rings. The average molecular weight is 354 g/mol. The van der Waals surface area contributed by atoms with Gasteiger partial charge in [0.1, 0.15) is 0 Å². The largest absolute Gasteiger partial charge is 0.377 e. The number of carbonyl (C=O) groups excluding carboxylic acids is 2. The van der Waals surface area contributed by atoms with E-state index in [1.807, 2.05) is 63.2 Å². The molecule has 26 heavy (non-hydrogen) atoms. The molecular formula is C20H26N4O2. The number of hydrogen-bond donors (Lipinski definition) is 3. The van der Waals surface area contributed by atoms with Gasteiger partial charge in [0.15, 0.2) is 0 Å². The molecule has 0 saturated heterocycles. The summed E-state index contributed by atoms with van der Waals surface area (Å²) < 4.78 is 0. The van der Waals surface area contributed by atoms with Crippen molar-refractivity contribution in [1.82, 2.24) is 5.32 Å². The molecular weight excluding hydrogens is 328 g/mol. The van der Waals surface area contributed by atoms with E-state index in [0.717, 1.165) is 23.4 Å². The third-order valence-electron chi connectivity index (χ3n) is 3.91. The van der Waals surface area contributed by atoms with Crippen LogP contribution in [0.25, 0.3) is 0 Å². The van der Waals surface area contributed by atoms with Gasteiger partial charge in [-0.3, -0.25) is 4.79 Å². The molecule has 0 bridgehead atoms. The van der Waals surface area contributed by atoms with Crippen molar-refractivity contribution in [3.05, 3.63) is 53.6 Å². The fraction of sp³-hybridized carbons (Fsp3) is 0.300. The number of anilines is 3. The van der Waals surface area contributed by atoms with Gasteiger partial charge in [-0.1, -0.05) is 25.1 Å². The topological polar surface area (TPSA) is 73.5 Å². The normalized spacial score (nSPS) is 10.2. The Balaban J connectivity index is 2.17. The Bertz CT molecular complexity index is 787. The maximum atomic E-state index is 12.4. The maximum Gasteiger partial charge on any atom is 0.323 e. The van der Waals surface area contributed by atoms with Crippen LogP contribution in [-0.2, 0) is 0 Å². The van der Waals surface area contributed by atoms with Crippen molar-refractivity contribution in [2.75, 3.05) is 36.2 Å². The number of nitrogens with one attached hydrogen (secondary N) is 3. The quantitative estimate of drug-likeness (QED) is 0.738. The predicted molar refractivity (Wildman–Crippen MR) is 107 cm³/mol. The Kier molecular flexibility index (Phi) is 6.60. The summed E-state index contributed by atoms with van der Waals surface area (Å²) in [4.78, 5) is 26.6. The Labute approximate surface area is 154 Å². The Hall–Kier alpha value is -3.02. The second kappa shape index (κ2) is 8.89. The highest BCUT2D eigenvalue weighted by Crippen LogP contribution is 2.23. The molecule has 0 unspecified atom stereocenters. The van der Waals surface area contributed by atoms with Crippen molar-refractivity contribution in [2.24, 2.45) is 0 Å². The molecule has 2 rings (SSSR count). The molecule has 2 aromatic rings. The maximum absolute atomic E-state index is 12.4. The summed E-state index contributed by atoms with van der Waals surface area (Å²) in [6.07, 6.45) is 0.861. The van der Waals surface area contributed by atoms with Crippen LogP contribution in [0.2, 0.25) is 0 Å². The number of para-hydroxylation sites is 1. The summed E-state index contributed by atoms with van der Waals surface area (Å²) in [5.41, 5.74) is 3.60. The molecule has 3 N–H and O–H groups in total. The van der Waals surface area contributed by atoms with Crippen LogP contribution in [0.1, 0.15) is 29.3 Å². The summed E-state index contributed by atoms with van der Waals surface area (Å²) in [6, 6.07) is 12.5. The van der Waals surface area contributed by atoms with Crippen molar-refractivity contribution in [1.29, 1.82) is 0 Å². The van der Waals surface area contributed by atoms with Gasteiger partial charge in [-0.05, 0) is 43.2 Å². The number of carbonyl (C=O) groups is 2. The van der Waals surface area contributed by atoms with Crippen molar-refractivity contribution in [2.45, 2.75) is 20.3 Å². The minimum atomic E-state index is -0.350. The van der Waals surface area contributed by atoms with E-state index in [0.29, 0.717) is 17.8 Å². The molecule has 0 aromatic heterocycles. The van der Waals surface area contributed by atoms with E-state index in [-0.39, 0.29) is 11.9 Å². The fourth-order valence-corrected chi connectivity index (χ4v) is 2.52. The second-order valence-electron chi connectivity index (χ2n) is 6.28. The summed E-state index contributed by atoms with van der Waals surface area (Å²) in [6.45, 7) is 4.54. The zero-order valence-electron chi connectivity index (χ0n) is 15.7. The second-order valence-corrected chi connectivity index (χ2v) is 6.28. The lowest BCUT2D eigenvalue weighted by Gasteiger charge is -2.18. The lowest BCUT2D eigenvalue weighted by Crippen LogP contribution is -2.27. The van der Waals surface area contributed by atoms with Crippen molar-refractivity contribution < 1.29 is 9.59 Å². The summed E-state index contributed by atoms with van der Waals surface area (Å²) >= 11 is 0. The SMILES string of the molecule is CCCNC(=O)c1cc(NC(=O)Nc2ccccc2C)ccc1N(C)C. The van der Waals surface area contributed by atoms with Crippen LogP contribution in [0.3, 0.4) is 0 Å². The molecule has 0 atom stereocenters. The summed E-state index contributed by atoms with van der Waals surface area (Å²) in [5.74, 6) is -0.154. The van der Waals surface area contributed by atoms with Crippen LogP contribution in [0.15, 0.2) is 42.5 Å². The number of hydrogen-bond acceptors (Lipinski definition) is 3. The van der Waals surface area contributed by atoms with Gasteiger partial charge < -0.3 is 20.9 Å². The van der Waals surface area contributed by atoms with Crippen LogP contribution < -0.4 is 20.9 Å². The van der Waals surface area contributed by atoms with Gasteiger partial charge in [0.2, 0.25) is 0 Å². The molecule has 3 amide bonds. The first kappa shape index (κ1) is 19.3. The highest BCUT2D eigenvalue weighted by molar-refractivity contribution is 6.04. The number of rotatable bonds is 6. The van der Waals surface area contributed by atoms with Crippen molar-refractivity contribution in [3.8, 4) is 0 Å². The minimum absolute atomic E-state index is 0.154. The highest BCUT2D eigenvalue weighted by Gasteiger charge is 2.14. The summed E-state index contributed by atoms with van der Waals surface area (Å²) in [7, 11) is 3.76. The minimum Gasteiger partial charge on any atom is -0.377 e. The van der Waals surface area contributed by atoms with Gasteiger partial charge in [-0.2, -0.15) is 0 Å². The third-order valence-corrected chi connectivity index (χ3v) is 3.91. The number of aryl methyl sites for hydroxylation is 1. The monoisotopic (exact) mass is 354 g/mol. The lowest BCUT2D eigenvalue weighted by atomic mass is 10.1. The molecule has 138 valence electrons. The van der Waals surface area contributed by atoms with Gasteiger partial charge >= 0.3 is 6.03 Å². The molecule has 2 aromatic carbocycles. The van der Waals surface area contributed by atoms with E-state index in [9.17, 15) is 9.59 Å². The van der Waals surface area contributed by atoms with Crippen LogP contribution >= 0.6 is 0 Å². The molecule has 6 heteroatoms. The number of benzene rings is 2. The Morgan fingerprint density at radius 1 is 1.04 bits per heavy atom. The number of nitrogens with zero attached hydrogens (tertiary/aromatic N) is 1. The molecule has 0 spiro atoms. The molecule has 6 nitrogen and oxygen atoms in total. The highest BCUT2D eigenvalue weighted by atomic mass is 16.2. The Morgan fingerprint density at radius 2 is 1.77 bits per heavy atom. The molecule has 0 radical (unpaired) electrons. The van der Waals surface area contributed by atoms with E-state index in [4.69, 9.17) is 0 Å². The first-order valence-corrected chi connectivity index (χ1v) is 8.65. The van der Waals surface area contributed by atoms with Crippen LogP contribution in [0.4, 0.5) is 21.9 Å². The molecule has 0 saturated carbocycles. The van der Waals surface area contributed by atoms with Crippen molar-refractivity contribution in [3.63, 3.8) is 0 Å². The first-order valence-electron chi connectivity index (χ1n) is 8.65. The van der Waals surface area contributed by atoms with Crippen LogP contribution in [0.5, 0.6) is 0 Å². The van der Waals surface area contributed by atoms with Gasteiger partial charge in [0.25, 0.3) is 5.91 Å². The van der Waals surface area contributed by atoms with Crippen molar-refractivity contribution >= 4 is 29.0 Å². The molecule has 0 aliphatic carbocycles. The fourth-order valence-electron chi connectivity index (χ4n) is 2.52.